The normalized spacial score (nSPS) is 17.0. The van der Waals surface area contributed by atoms with Crippen molar-refractivity contribution in [1.82, 2.24) is 9.21 Å². The molecule has 1 heterocycles. The molecule has 1 aromatic rings. The van der Waals surface area contributed by atoms with Crippen LogP contribution in [0, 0.1) is 0 Å². The average molecular weight is 365 g/mol. The fourth-order valence-corrected chi connectivity index (χ4v) is 3.66. The van der Waals surface area contributed by atoms with Crippen molar-refractivity contribution in [2.45, 2.75) is 18.9 Å². The van der Waals surface area contributed by atoms with Gasteiger partial charge in [-0.1, -0.05) is 23.2 Å². The first kappa shape index (κ1) is 17.5. The number of carbonyl (C=O) groups is 1. The summed E-state index contributed by atoms with van der Waals surface area (Å²) in [6.45, 7) is 0.985. The number of benzene rings is 1. The number of sulfonamides is 1. The lowest BCUT2D eigenvalue weighted by atomic mass is 10.0. The number of piperidine rings is 1. The standard InChI is InChI=1S/C14H18Cl2N2O3S/c1-17(22(2,20)21)11-5-7-18(8-6-11)14(19)12-9-10(15)3-4-13(12)16/h3-4,9,11H,5-8H2,1-2H3. The van der Waals surface area contributed by atoms with Gasteiger partial charge in [0, 0.05) is 31.2 Å². The molecule has 0 bridgehead atoms. The minimum Gasteiger partial charge on any atom is -0.338 e. The van der Waals surface area contributed by atoms with Crippen LogP contribution in [0.3, 0.4) is 0 Å². The van der Waals surface area contributed by atoms with Gasteiger partial charge in [-0.3, -0.25) is 4.79 Å². The van der Waals surface area contributed by atoms with Crippen LogP contribution in [0.4, 0.5) is 0 Å². The third-order valence-electron chi connectivity index (χ3n) is 3.95. The highest BCUT2D eigenvalue weighted by Gasteiger charge is 2.29. The summed E-state index contributed by atoms with van der Waals surface area (Å²) in [7, 11) is -1.64. The van der Waals surface area contributed by atoms with Gasteiger partial charge in [-0.25, -0.2) is 12.7 Å². The summed E-state index contributed by atoms with van der Waals surface area (Å²) in [5.74, 6) is -0.173. The molecule has 0 aliphatic carbocycles. The molecule has 0 radical (unpaired) electrons. The van der Waals surface area contributed by atoms with E-state index in [1.54, 1.807) is 30.1 Å². The number of hydrogen-bond acceptors (Lipinski definition) is 3. The van der Waals surface area contributed by atoms with Crippen LogP contribution in [0.5, 0.6) is 0 Å². The van der Waals surface area contributed by atoms with E-state index in [4.69, 9.17) is 23.2 Å². The maximum atomic E-state index is 12.5. The van der Waals surface area contributed by atoms with E-state index in [1.807, 2.05) is 0 Å². The van der Waals surface area contributed by atoms with Gasteiger partial charge in [-0.2, -0.15) is 0 Å². The van der Waals surface area contributed by atoms with Crippen molar-refractivity contribution in [3.05, 3.63) is 33.8 Å². The van der Waals surface area contributed by atoms with Crippen LogP contribution in [-0.4, -0.2) is 56.0 Å². The van der Waals surface area contributed by atoms with Gasteiger partial charge in [0.25, 0.3) is 5.91 Å². The van der Waals surface area contributed by atoms with E-state index in [2.05, 4.69) is 0 Å². The molecule has 0 aromatic heterocycles. The Kier molecular flexibility index (Phi) is 5.37. The van der Waals surface area contributed by atoms with Gasteiger partial charge in [0.1, 0.15) is 0 Å². The summed E-state index contributed by atoms with van der Waals surface area (Å²) < 4.78 is 24.5. The van der Waals surface area contributed by atoms with Crippen LogP contribution in [0.15, 0.2) is 18.2 Å². The van der Waals surface area contributed by atoms with Crippen molar-refractivity contribution < 1.29 is 13.2 Å². The lowest BCUT2D eigenvalue weighted by molar-refractivity contribution is 0.0686. The maximum absolute atomic E-state index is 12.5. The molecular weight excluding hydrogens is 347 g/mol. The number of hydrogen-bond donors (Lipinski definition) is 0. The summed E-state index contributed by atoms with van der Waals surface area (Å²) in [5.41, 5.74) is 0.379. The van der Waals surface area contributed by atoms with Crippen LogP contribution in [0.25, 0.3) is 0 Å². The van der Waals surface area contributed by atoms with Gasteiger partial charge < -0.3 is 4.90 Å². The lowest BCUT2D eigenvalue weighted by Gasteiger charge is -2.35. The molecule has 2 rings (SSSR count). The third-order valence-corrected chi connectivity index (χ3v) is 5.86. The molecule has 8 heteroatoms. The maximum Gasteiger partial charge on any atom is 0.255 e. The number of halogens is 2. The van der Waals surface area contributed by atoms with Gasteiger partial charge in [-0.05, 0) is 31.0 Å². The van der Waals surface area contributed by atoms with Crippen molar-refractivity contribution in [2.75, 3.05) is 26.4 Å². The van der Waals surface area contributed by atoms with Gasteiger partial charge in [0.2, 0.25) is 10.0 Å². The molecule has 0 spiro atoms. The molecule has 0 atom stereocenters. The highest BCUT2D eigenvalue weighted by atomic mass is 35.5. The zero-order valence-electron chi connectivity index (χ0n) is 12.4. The Morgan fingerprint density at radius 3 is 2.41 bits per heavy atom. The van der Waals surface area contributed by atoms with Crippen molar-refractivity contribution in [2.24, 2.45) is 0 Å². The molecule has 1 fully saturated rings. The molecule has 122 valence electrons. The molecule has 22 heavy (non-hydrogen) atoms. The topological polar surface area (TPSA) is 57.7 Å². The highest BCUT2D eigenvalue weighted by molar-refractivity contribution is 7.88. The Hall–Kier alpha value is -0.820. The second kappa shape index (κ2) is 6.74. The average Bonchev–Trinajstić information content (AvgIpc) is 2.47. The highest BCUT2D eigenvalue weighted by Crippen LogP contribution is 2.24. The second-order valence-corrected chi connectivity index (χ2v) is 8.31. The molecule has 1 aromatic carbocycles. The fraction of sp³-hybridized carbons (Fsp3) is 0.500. The predicted molar refractivity (Wildman–Crippen MR) is 88.0 cm³/mol. The molecule has 0 unspecified atom stereocenters. The monoisotopic (exact) mass is 364 g/mol. The summed E-state index contributed by atoms with van der Waals surface area (Å²) in [4.78, 5) is 14.2. The van der Waals surface area contributed by atoms with Crippen molar-refractivity contribution in [3.63, 3.8) is 0 Å². The fourth-order valence-electron chi connectivity index (χ4n) is 2.54. The van der Waals surface area contributed by atoms with Crippen LogP contribution in [-0.2, 0) is 10.0 Å². The first-order chi connectivity index (χ1) is 10.2. The predicted octanol–water partition coefficient (Wildman–Crippen LogP) is 2.49. The van der Waals surface area contributed by atoms with Gasteiger partial charge in [0.15, 0.2) is 0 Å². The van der Waals surface area contributed by atoms with E-state index < -0.39 is 10.0 Å². The number of rotatable bonds is 3. The summed E-state index contributed by atoms with van der Waals surface area (Å²) >= 11 is 12.0. The minimum absolute atomic E-state index is 0.0751. The Labute approximate surface area is 140 Å². The van der Waals surface area contributed by atoms with Crippen molar-refractivity contribution >= 4 is 39.1 Å². The molecule has 1 saturated heterocycles. The van der Waals surface area contributed by atoms with Crippen molar-refractivity contribution in [1.29, 1.82) is 0 Å². The number of amides is 1. The quantitative estimate of drug-likeness (QED) is 0.827. The Bertz CT molecular complexity index is 671. The first-order valence-corrected chi connectivity index (χ1v) is 9.48. The summed E-state index contributed by atoms with van der Waals surface area (Å²) in [6.07, 6.45) is 2.40. The van der Waals surface area contributed by atoms with E-state index >= 15 is 0 Å². The summed E-state index contributed by atoms with van der Waals surface area (Å²) in [6, 6.07) is 4.71. The van der Waals surface area contributed by atoms with E-state index in [0.717, 1.165) is 0 Å². The second-order valence-electron chi connectivity index (χ2n) is 5.43. The van der Waals surface area contributed by atoms with Gasteiger partial charge in [-0.15, -0.1) is 0 Å². The largest absolute Gasteiger partial charge is 0.338 e. The van der Waals surface area contributed by atoms with Crippen LogP contribution in [0.1, 0.15) is 23.2 Å². The van der Waals surface area contributed by atoms with Gasteiger partial charge in [0.05, 0.1) is 16.8 Å². The Morgan fingerprint density at radius 1 is 1.27 bits per heavy atom. The summed E-state index contributed by atoms with van der Waals surface area (Å²) in [5, 5.41) is 0.823. The lowest BCUT2D eigenvalue weighted by Crippen LogP contribution is -2.47. The van der Waals surface area contributed by atoms with E-state index in [0.29, 0.717) is 41.5 Å². The Morgan fingerprint density at radius 2 is 1.86 bits per heavy atom. The number of likely N-dealkylation sites (tertiary alicyclic amines) is 1. The molecule has 1 aliphatic rings. The van der Waals surface area contributed by atoms with E-state index in [1.165, 1.54) is 10.6 Å². The number of nitrogens with zero attached hydrogens (tertiary/aromatic N) is 2. The minimum atomic E-state index is -3.21. The zero-order valence-corrected chi connectivity index (χ0v) is 14.7. The molecule has 1 amide bonds. The van der Waals surface area contributed by atoms with Crippen LogP contribution >= 0.6 is 23.2 Å². The smallest absolute Gasteiger partial charge is 0.255 e. The Balaban J connectivity index is 2.05. The molecular formula is C14H18Cl2N2O3S. The third kappa shape index (κ3) is 3.93. The van der Waals surface area contributed by atoms with E-state index in [-0.39, 0.29) is 11.9 Å². The van der Waals surface area contributed by atoms with Crippen LogP contribution < -0.4 is 0 Å². The first-order valence-electron chi connectivity index (χ1n) is 6.87. The van der Waals surface area contributed by atoms with Crippen LogP contribution in [0.2, 0.25) is 10.0 Å². The molecule has 5 nitrogen and oxygen atoms in total. The van der Waals surface area contributed by atoms with Crippen molar-refractivity contribution in [3.8, 4) is 0 Å². The van der Waals surface area contributed by atoms with Gasteiger partial charge >= 0.3 is 0 Å². The zero-order chi connectivity index (χ0) is 16.5. The molecule has 1 aliphatic heterocycles. The van der Waals surface area contributed by atoms with E-state index in [9.17, 15) is 13.2 Å². The molecule has 0 saturated carbocycles. The SMILES string of the molecule is CN(C1CCN(C(=O)c2cc(Cl)ccc2Cl)CC1)S(C)(=O)=O. The number of carbonyl (C=O) groups excluding carboxylic acids is 1. The molecule has 0 N–H and O–H groups in total.